The van der Waals surface area contributed by atoms with E-state index in [2.05, 4.69) is 15.9 Å². The average Bonchev–Trinajstić information content (AvgIpc) is 3.16. The van der Waals surface area contributed by atoms with Crippen LogP contribution in [0.2, 0.25) is 0 Å². The van der Waals surface area contributed by atoms with Crippen molar-refractivity contribution in [2.75, 3.05) is 13.7 Å². The van der Waals surface area contributed by atoms with Crippen molar-refractivity contribution in [3.05, 3.63) is 28.2 Å². The minimum Gasteiger partial charge on any atom is -0.497 e. The molecule has 1 fully saturated rings. The van der Waals surface area contributed by atoms with Crippen molar-refractivity contribution in [1.29, 1.82) is 0 Å². The smallest absolute Gasteiger partial charge is 0.130 e. The van der Waals surface area contributed by atoms with E-state index in [-0.39, 0.29) is 12.5 Å². The van der Waals surface area contributed by atoms with Gasteiger partial charge >= 0.3 is 0 Å². The summed E-state index contributed by atoms with van der Waals surface area (Å²) in [6.45, 7) is 0.0846. The van der Waals surface area contributed by atoms with Gasteiger partial charge in [-0.15, -0.1) is 0 Å². The van der Waals surface area contributed by atoms with Crippen molar-refractivity contribution in [1.82, 2.24) is 0 Å². The molecule has 0 heterocycles. The Morgan fingerprint density at radius 3 is 2.76 bits per heavy atom. The fourth-order valence-electron chi connectivity index (χ4n) is 2.11. The predicted octanol–water partition coefficient (Wildman–Crippen LogP) is 3.08. The molecule has 2 nitrogen and oxygen atoms in total. The molecule has 1 atom stereocenters. The van der Waals surface area contributed by atoms with Crippen LogP contribution in [0.15, 0.2) is 22.7 Å². The second-order valence-corrected chi connectivity index (χ2v) is 5.50. The molecule has 1 aliphatic rings. The second-order valence-electron chi connectivity index (χ2n) is 4.65. The van der Waals surface area contributed by atoms with Crippen molar-refractivity contribution in [2.45, 2.75) is 24.9 Å². The molecule has 94 valence electrons. The Kier molecular flexibility index (Phi) is 3.73. The van der Waals surface area contributed by atoms with Crippen molar-refractivity contribution < 1.29 is 9.13 Å². The van der Waals surface area contributed by atoms with Gasteiger partial charge in [-0.2, -0.15) is 0 Å². The summed E-state index contributed by atoms with van der Waals surface area (Å²) in [5.41, 5.74) is 5.25. The van der Waals surface area contributed by atoms with Crippen molar-refractivity contribution in [2.24, 2.45) is 11.7 Å². The molecule has 0 aliphatic heterocycles. The molecular weight excluding hydrogens is 285 g/mol. The van der Waals surface area contributed by atoms with Crippen LogP contribution in [0.25, 0.3) is 0 Å². The maximum absolute atomic E-state index is 14.6. The molecule has 0 amide bonds. The van der Waals surface area contributed by atoms with Gasteiger partial charge in [-0.25, -0.2) is 4.39 Å². The minimum absolute atomic E-state index is 0.0846. The number of alkyl halides is 1. The first kappa shape index (κ1) is 12.8. The Balaban J connectivity index is 2.21. The highest BCUT2D eigenvalue weighted by atomic mass is 79.9. The van der Waals surface area contributed by atoms with E-state index < -0.39 is 5.67 Å². The zero-order valence-corrected chi connectivity index (χ0v) is 11.5. The lowest BCUT2D eigenvalue weighted by molar-refractivity contribution is 0.142. The number of rotatable bonds is 5. The summed E-state index contributed by atoms with van der Waals surface area (Å²) in [6.07, 6.45) is 2.26. The molecule has 4 heteroatoms. The molecule has 1 aromatic rings. The van der Waals surface area contributed by atoms with Crippen LogP contribution in [0.5, 0.6) is 5.75 Å². The number of hydrogen-bond acceptors (Lipinski definition) is 2. The first-order valence-electron chi connectivity index (χ1n) is 5.80. The van der Waals surface area contributed by atoms with Crippen LogP contribution >= 0.6 is 15.9 Å². The summed E-state index contributed by atoms with van der Waals surface area (Å²) < 4.78 is 20.7. The normalized spacial score (nSPS) is 18.8. The molecule has 0 radical (unpaired) electrons. The van der Waals surface area contributed by atoms with Crippen LogP contribution in [-0.2, 0) is 6.42 Å². The zero-order chi connectivity index (χ0) is 12.5. The number of hydrogen-bond donors (Lipinski definition) is 1. The molecule has 0 bridgehead atoms. The summed E-state index contributed by atoms with van der Waals surface area (Å²) in [4.78, 5) is 0. The lowest BCUT2D eigenvalue weighted by Crippen LogP contribution is -2.37. The van der Waals surface area contributed by atoms with Gasteiger partial charge < -0.3 is 10.5 Å². The standard InChI is InChI=1S/C13H17BrFNO/c1-17-11-4-5-12(14)9(6-11)7-13(15,8-16)10-2-3-10/h4-6,10H,2-3,7-8,16H2,1H3. The summed E-state index contributed by atoms with van der Waals surface area (Å²) in [7, 11) is 1.61. The largest absolute Gasteiger partial charge is 0.497 e. The molecule has 0 spiro atoms. The van der Waals surface area contributed by atoms with Crippen LogP contribution in [0.1, 0.15) is 18.4 Å². The van der Waals surface area contributed by atoms with Crippen LogP contribution in [0.3, 0.4) is 0 Å². The molecule has 0 aromatic heterocycles. The summed E-state index contributed by atoms with van der Waals surface area (Å²) in [6, 6.07) is 5.61. The molecule has 0 saturated heterocycles. The highest BCUT2D eigenvalue weighted by molar-refractivity contribution is 9.10. The summed E-state index contributed by atoms with van der Waals surface area (Å²) in [5, 5.41) is 0. The minimum atomic E-state index is -1.27. The average molecular weight is 302 g/mol. The third kappa shape index (κ3) is 2.80. The van der Waals surface area contributed by atoms with Gasteiger partial charge in [0.1, 0.15) is 11.4 Å². The fraction of sp³-hybridized carbons (Fsp3) is 0.538. The SMILES string of the molecule is COc1ccc(Br)c(CC(F)(CN)C2CC2)c1. The number of methoxy groups -OCH3 is 1. The lowest BCUT2D eigenvalue weighted by Gasteiger charge is -2.24. The van der Waals surface area contributed by atoms with Crippen LogP contribution in [0, 0.1) is 5.92 Å². The van der Waals surface area contributed by atoms with Crippen molar-refractivity contribution >= 4 is 15.9 Å². The van der Waals surface area contributed by atoms with Gasteiger partial charge in [0.15, 0.2) is 0 Å². The first-order chi connectivity index (χ1) is 8.09. The Labute approximate surface area is 109 Å². The Hall–Kier alpha value is -0.610. The maximum Gasteiger partial charge on any atom is 0.130 e. The molecule has 1 saturated carbocycles. The highest BCUT2D eigenvalue weighted by Gasteiger charge is 2.45. The Bertz CT molecular complexity index is 408. The quantitative estimate of drug-likeness (QED) is 0.907. The van der Waals surface area contributed by atoms with E-state index in [1.54, 1.807) is 7.11 Å². The molecule has 2 rings (SSSR count). The summed E-state index contributed by atoms with van der Waals surface area (Å²) >= 11 is 3.45. The molecular formula is C13H17BrFNO. The number of ether oxygens (including phenoxy) is 1. The Morgan fingerprint density at radius 1 is 1.53 bits per heavy atom. The number of benzene rings is 1. The monoisotopic (exact) mass is 301 g/mol. The second kappa shape index (κ2) is 4.94. The maximum atomic E-state index is 14.6. The third-order valence-electron chi connectivity index (χ3n) is 3.39. The first-order valence-corrected chi connectivity index (χ1v) is 6.60. The Morgan fingerprint density at radius 2 is 2.24 bits per heavy atom. The third-order valence-corrected chi connectivity index (χ3v) is 4.16. The predicted molar refractivity (Wildman–Crippen MR) is 70.0 cm³/mol. The van der Waals surface area contributed by atoms with Gasteiger partial charge in [0.2, 0.25) is 0 Å². The van der Waals surface area contributed by atoms with Gasteiger partial charge in [0, 0.05) is 17.4 Å². The van der Waals surface area contributed by atoms with Crippen molar-refractivity contribution in [3.63, 3.8) is 0 Å². The fourth-order valence-corrected chi connectivity index (χ4v) is 2.50. The lowest BCUT2D eigenvalue weighted by atomic mass is 9.91. The van der Waals surface area contributed by atoms with Gasteiger partial charge in [0.05, 0.1) is 7.11 Å². The number of nitrogens with two attached hydrogens (primary N) is 1. The summed E-state index contributed by atoms with van der Waals surface area (Å²) in [5.74, 6) is 0.879. The van der Waals surface area contributed by atoms with Crippen LogP contribution < -0.4 is 10.5 Å². The van der Waals surface area contributed by atoms with Crippen LogP contribution in [-0.4, -0.2) is 19.3 Å². The van der Waals surface area contributed by atoms with E-state index >= 15 is 0 Å². The van der Waals surface area contributed by atoms with Gasteiger partial charge in [-0.1, -0.05) is 15.9 Å². The van der Waals surface area contributed by atoms with E-state index in [9.17, 15) is 4.39 Å². The topological polar surface area (TPSA) is 35.2 Å². The van der Waals surface area contributed by atoms with Gasteiger partial charge in [-0.3, -0.25) is 0 Å². The van der Waals surface area contributed by atoms with Gasteiger partial charge in [-0.05, 0) is 42.5 Å². The van der Waals surface area contributed by atoms with E-state index in [4.69, 9.17) is 10.5 Å². The van der Waals surface area contributed by atoms with E-state index in [1.165, 1.54) is 0 Å². The van der Waals surface area contributed by atoms with Crippen LogP contribution in [0.4, 0.5) is 4.39 Å². The van der Waals surface area contributed by atoms with Gasteiger partial charge in [0.25, 0.3) is 0 Å². The van der Waals surface area contributed by atoms with E-state index in [0.29, 0.717) is 6.42 Å². The zero-order valence-electron chi connectivity index (χ0n) is 9.88. The molecule has 1 aliphatic carbocycles. The van der Waals surface area contributed by atoms with Crippen molar-refractivity contribution in [3.8, 4) is 5.75 Å². The highest BCUT2D eigenvalue weighted by Crippen LogP contribution is 2.44. The van der Waals surface area contributed by atoms with E-state index in [0.717, 1.165) is 28.6 Å². The number of halogens is 2. The molecule has 1 aromatic carbocycles. The molecule has 2 N–H and O–H groups in total. The van der Waals surface area contributed by atoms with E-state index in [1.807, 2.05) is 18.2 Å². The molecule has 1 unspecified atom stereocenters. The molecule has 17 heavy (non-hydrogen) atoms.